The Kier molecular flexibility index (Phi) is 5.51. The van der Waals surface area contributed by atoms with Crippen molar-refractivity contribution >= 4 is 41.1 Å². The highest BCUT2D eigenvalue weighted by molar-refractivity contribution is 7.79. The predicted octanol–water partition coefficient (Wildman–Crippen LogP) is 2.58. The summed E-state index contributed by atoms with van der Waals surface area (Å²) >= 11 is 4.68. The Morgan fingerprint density at radius 3 is 2.67 bits per heavy atom. The van der Waals surface area contributed by atoms with Gasteiger partial charge < -0.3 is 14.8 Å². The fourth-order valence-electron chi connectivity index (χ4n) is 2.91. The van der Waals surface area contributed by atoms with Gasteiger partial charge in [0, 0.05) is 18.8 Å². The van der Waals surface area contributed by atoms with Crippen LogP contribution in [0.5, 0.6) is 0 Å². The molecule has 11 heteroatoms. The average Bonchev–Trinajstić information content (AvgIpc) is 3.19. The van der Waals surface area contributed by atoms with Crippen molar-refractivity contribution in [2.24, 2.45) is 0 Å². The molecule has 1 atom stereocenters. The lowest BCUT2D eigenvalue weighted by molar-refractivity contribution is -0.137. The molecule has 2 aliphatic rings. The molecule has 2 amide bonds. The van der Waals surface area contributed by atoms with Gasteiger partial charge in [-0.15, -0.1) is 0 Å². The number of nitrogens with one attached hydrogen (secondary N) is 1. The minimum atomic E-state index is -4.71. The van der Waals surface area contributed by atoms with E-state index in [1.165, 1.54) is 11.4 Å². The summed E-state index contributed by atoms with van der Waals surface area (Å²) in [6.45, 7) is 0.931. The normalized spacial score (nSPS) is 20.0. The molecule has 2 aliphatic heterocycles. The van der Waals surface area contributed by atoms with E-state index >= 15 is 0 Å². The van der Waals surface area contributed by atoms with Crippen molar-refractivity contribution in [3.63, 3.8) is 0 Å². The largest absolute Gasteiger partial charge is 0.447 e. The number of rotatable bonds is 6. The number of amides is 2. The van der Waals surface area contributed by atoms with Crippen LogP contribution in [0.1, 0.15) is 5.56 Å². The fraction of sp³-hybridized carbons (Fsp3) is 0.438. The quantitative estimate of drug-likeness (QED) is 0.582. The van der Waals surface area contributed by atoms with Gasteiger partial charge >= 0.3 is 18.4 Å². The zero-order valence-electron chi connectivity index (χ0n) is 14.0. The van der Waals surface area contributed by atoms with E-state index in [9.17, 15) is 22.8 Å². The van der Waals surface area contributed by atoms with Crippen LogP contribution in [0.25, 0.3) is 0 Å². The highest BCUT2D eigenvalue weighted by Gasteiger charge is 2.40. The standard InChI is InChI=1S/C16H16F3N3O4S/c17-16(18,19)12-7-10(1-2-13(12)21-4-5-25-14(21)23)22-9-11(26-15(22)24)8-20-3-6-27/h1-2,6-7,11,20H,3-5,8-9H2/t11-/m0/s1. The lowest BCUT2D eigenvalue weighted by Crippen LogP contribution is -2.32. The van der Waals surface area contributed by atoms with Crippen molar-refractivity contribution in [1.29, 1.82) is 0 Å². The Balaban J connectivity index is 1.85. The van der Waals surface area contributed by atoms with Gasteiger partial charge in [-0.3, -0.25) is 9.80 Å². The van der Waals surface area contributed by atoms with Crippen molar-refractivity contribution in [1.82, 2.24) is 5.32 Å². The molecule has 0 spiro atoms. The third-order valence-corrected chi connectivity index (χ3v) is 4.29. The lowest BCUT2D eigenvalue weighted by Gasteiger charge is -2.22. The topological polar surface area (TPSA) is 71.1 Å². The maximum Gasteiger partial charge on any atom is 0.418 e. The molecule has 1 N–H and O–H groups in total. The van der Waals surface area contributed by atoms with Gasteiger partial charge in [0.1, 0.15) is 12.7 Å². The van der Waals surface area contributed by atoms with E-state index in [0.717, 1.165) is 21.9 Å². The second kappa shape index (κ2) is 7.69. The molecule has 2 saturated heterocycles. The number of cyclic esters (lactones) is 2. The third kappa shape index (κ3) is 4.14. The van der Waals surface area contributed by atoms with Crippen molar-refractivity contribution in [3.8, 4) is 0 Å². The Labute approximate surface area is 158 Å². The zero-order chi connectivity index (χ0) is 19.6. The Morgan fingerprint density at radius 1 is 1.26 bits per heavy atom. The zero-order valence-corrected chi connectivity index (χ0v) is 14.8. The number of hydrogen-bond donors (Lipinski definition) is 1. The number of hydrogen-bond acceptors (Lipinski definition) is 6. The molecule has 0 radical (unpaired) electrons. The van der Waals surface area contributed by atoms with Crippen LogP contribution in [-0.2, 0) is 15.7 Å². The minimum absolute atomic E-state index is 0.0206. The molecular weight excluding hydrogens is 387 g/mol. The molecule has 27 heavy (non-hydrogen) atoms. The third-order valence-electron chi connectivity index (χ3n) is 4.12. The van der Waals surface area contributed by atoms with Crippen LogP contribution in [-0.4, -0.2) is 56.4 Å². The number of thiocarbonyl (C=S) groups is 1. The number of ether oxygens (including phenoxy) is 2. The van der Waals surface area contributed by atoms with Crippen LogP contribution in [0, 0.1) is 0 Å². The summed E-state index contributed by atoms with van der Waals surface area (Å²) in [6, 6.07) is 3.36. The number of benzene rings is 1. The monoisotopic (exact) mass is 403 g/mol. The minimum Gasteiger partial charge on any atom is -0.447 e. The molecular formula is C16H16F3N3O4S. The number of carbonyl (C=O) groups is 2. The molecule has 7 nitrogen and oxygen atoms in total. The summed E-state index contributed by atoms with van der Waals surface area (Å²) < 4.78 is 50.5. The summed E-state index contributed by atoms with van der Waals surface area (Å²) in [7, 11) is 0. The van der Waals surface area contributed by atoms with E-state index in [1.807, 2.05) is 0 Å². The molecule has 3 rings (SSSR count). The van der Waals surface area contributed by atoms with Crippen molar-refractivity contribution < 1.29 is 32.2 Å². The van der Waals surface area contributed by atoms with Crippen LogP contribution in [0.4, 0.5) is 34.1 Å². The smallest absolute Gasteiger partial charge is 0.418 e. The molecule has 146 valence electrons. The molecule has 2 fully saturated rings. The summed E-state index contributed by atoms with van der Waals surface area (Å²) in [5, 5.41) is 4.43. The molecule has 0 aliphatic carbocycles. The number of halogens is 3. The van der Waals surface area contributed by atoms with Gasteiger partial charge in [0.25, 0.3) is 0 Å². The van der Waals surface area contributed by atoms with Crippen molar-refractivity contribution in [2.75, 3.05) is 42.6 Å². The number of nitrogens with zero attached hydrogens (tertiary/aromatic N) is 2. The highest BCUT2D eigenvalue weighted by Crippen LogP contribution is 2.40. The fourth-order valence-corrected chi connectivity index (χ4v) is 3.03. The first kappa shape index (κ1) is 19.4. The number of alkyl halides is 3. The summed E-state index contributed by atoms with van der Waals surface area (Å²) in [6.07, 6.45) is -6.78. The van der Waals surface area contributed by atoms with Gasteiger partial charge in [0.15, 0.2) is 0 Å². The number of anilines is 2. The second-order valence-electron chi connectivity index (χ2n) is 5.91. The van der Waals surface area contributed by atoms with Crippen LogP contribution in [0.2, 0.25) is 0 Å². The molecule has 0 unspecified atom stereocenters. The molecule has 0 saturated carbocycles. The van der Waals surface area contributed by atoms with Gasteiger partial charge in [0.2, 0.25) is 0 Å². The summed E-state index contributed by atoms with van der Waals surface area (Å²) in [5.41, 5.74) is -1.28. The molecule has 1 aromatic rings. The van der Waals surface area contributed by atoms with Gasteiger partial charge in [0.05, 0.1) is 24.3 Å². The Morgan fingerprint density at radius 2 is 2.04 bits per heavy atom. The van der Waals surface area contributed by atoms with Crippen molar-refractivity contribution in [2.45, 2.75) is 12.3 Å². The van der Waals surface area contributed by atoms with Crippen molar-refractivity contribution in [3.05, 3.63) is 23.8 Å². The SMILES string of the molecule is O=C1O[C@@H](CNCC=S)CN1c1ccc(N2CCOC2=O)c(C(F)(F)F)c1. The van der Waals surface area contributed by atoms with Gasteiger partial charge in [-0.25, -0.2) is 9.59 Å². The second-order valence-corrected chi connectivity index (χ2v) is 6.24. The van der Waals surface area contributed by atoms with Crippen LogP contribution >= 0.6 is 12.2 Å². The van der Waals surface area contributed by atoms with E-state index in [0.29, 0.717) is 13.1 Å². The average molecular weight is 403 g/mol. The number of carbonyl (C=O) groups excluding carboxylic acids is 2. The first-order valence-electron chi connectivity index (χ1n) is 8.09. The van der Waals surface area contributed by atoms with Crippen LogP contribution < -0.4 is 15.1 Å². The van der Waals surface area contributed by atoms with Gasteiger partial charge in [-0.05, 0) is 23.6 Å². The maximum absolute atomic E-state index is 13.5. The molecule has 0 bridgehead atoms. The van der Waals surface area contributed by atoms with Gasteiger partial charge in [-0.2, -0.15) is 13.2 Å². The Bertz CT molecular complexity index is 759. The van der Waals surface area contributed by atoms with E-state index in [2.05, 4.69) is 17.5 Å². The predicted molar refractivity (Wildman–Crippen MR) is 94.3 cm³/mol. The lowest BCUT2D eigenvalue weighted by atomic mass is 10.1. The van der Waals surface area contributed by atoms with E-state index in [4.69, 9.17) is 9.47 Å². The first-order valence-corrected chi connectivity index (χ1v) is 8.56. The summed E-state index contributed by atoms with van der Waals surface area (Å²) in [4.78, 5) is 25.8. The summed E-state index contributed by atoms with van der Waals surface area (Å²) in [5.74, 6) is 0. The first-order chi connectivity index (χ1) is 12.8. The molecule has 0 aromatic heterocycles. The maximum atomic E-state index is 13.5. The highest BCUT2D eigenvalue weighted by atomic mass is 32.1. The van der Waals surface area contributed by atoms with E-state index in [-0.39, 0.29) is 31.1 Å². The Hall–Kier alpha value is -2.40. The van der Waals surface area contributed by atoms with Gasteiger partial charge in [-0.1, -0.05) is 12.2 Å². The van der Waals surface area contributed by atoms with E-state index in [1.54, 1.807) is 0 Å². The molecule has 1 aromatic carbocycles. The van der Waals surface area contributed by atoms with Crippen LogP contribution in [0.3, 0.4) is 0 Å². The van der Waals surface area contributed by atoms with E-state index < -0.39 is 30.0 Å². The molecule has 2 heterocycles. The van der Waals surface area contributed by atoms with Crippen LogP contribution in [0.15, 0.2) is 18.2 Å².